The number of fused-ring (bicyclic) bond motifs is 1. The number of nitrogens with one attached hydrogen (secondary N) is 1. The van der Waals surface area contributed by atoms with E-state index in [4.69, 9.17) is 0 Å². The van der Waals surface area contributed by atoms with E-state index in [1.165, 1.54) is 0 Å². The summed E-state index contributed by atoms with van der Waals surface area (Å²) in [6.07, 6.45) is 5.99. The lowest BCUT2D eigenvalue weighted by Crippen LogP contribution is -2.41. The van der Waals surface area contributed by atoms with E-state index >= 15 is 0 Å². The molecule has 34 heavy (non-hydrogen) atoms. The van der Waals surface area contributed by atoms with Crippen LogP contribution in [0.4, 0.5) is 13.6 Å². The Bertz CT molecular complexity index is 1270. The molecule has 1 saturated carbocycles. The molecule has 2 aliphatic rings. The van der Waals surface area contributed by atoms with Crippen LogP contribution in [0, 0.1) is 0 Å². The van der Waals surface area contributed by atoms with Crippen molar-refractivity contribution in [2.24, 2.45) is 0 Å². The van der Waals surface area contributed by atoms with Crippen LogP contribution in [0.3, 0.4) is 0 Å². The molecular weight excluding hydrogens is 480 g/mol. The van der Waals surface area contributed by atoms with Gasteiger partial charge in [0.05, 0.1) is 6.20 Å². The van der Waals surface area contributed by atoms with Gasteiger partial charge in [0.15, 0.2) is 10.0 Å². The van der Waals surface area contributed by atoms with Crippen LogP contribution in [0.15, 0.2) is 29.4 Å². The Balaban J connectivity index is 1.53. The first-order valence-corrected chi connectivity index (χ1v) is 12.6. The number of pyridine rings is 1. The number of amides is 2. The van der Waals surface area contributed by atoms with Gasteiger partial charge in [-0.1, -0.05) is 17.4 Å². The van der Waals surface area contributed by atoms with Gasteiger partial charge in [-0.15, -0.1) is 10.2 Å². The first-order valence-electron chi connectivity index (χ1n) is 11.0. The molecule has 8 nitrogen and oxygen atoms in total. The summed E-state index contributed by atoms with van der Waals surface area (Å²) in [5.74, 6) is 0. The predicted octanol–water partition coefficient (Wildman–Crippen LogP) is 4.71. The predicted molar refractivity (Wildman–Crippen MR) is 129 cm³/mol. The summed E-state index contributed by atoms with van der Waals surface area (Å²) in [5, 5.41) is 7.72. The van der Waals surface area contributed by atoms with Gasteiger partial charge in [0, 0.05) is 49.4 Å². The number of carbonyl (C=O) groups excluding carboxylic acids is 1. The van der Waals surface area contributed by atoms with Crippen molar-refractivity contribution in [2.75, 3.05) is 27.2 Å². The third-order valence-electron chi connectivity index (χ3n) is 6.05. The zero-order valence-electron chi connectivity index (χ0n) is 19.1. The molecule has 4 heterocycles. The highest BCUT2D eigenvalue weighted by Gasteiger charge is 2.37. The molecule has 12 heteroatoms. The van der Waals surface area contributed by atoms with Crippen LogP contribution >= 0.6 is 23.3 Å². The average molecular weight is 506 g/mol. The second-order valence-electron chi connectivity index (χ2n) is 9.04. The number of alkyl halides is 2. The maximum Gasteiger partial charge on any atom is 0.319 e. The summed E-state index contributed by atoms with van der Waals surface area (Å²) in [7, 11) is 3.50. The number of nitrogens with zero attached hydrogens (tertiary/aromatic N) is 6. The average Bonchev–Trinajstić information content (AvgIpc) is 3.20. The third-order valence-corrected chi connectivity index (χ3v) is 8.06. The molecule has 0 spiro atoms. The van der Waals surface area contributed by atoms with Crippen molar-refractivity contribution < 1.29 is 13.6 Å². The van der Waals surface area contributed by atoms with E-state index in [2.05, 4.69) is 39.0 Å². The van der Waals surface area contributed by atoms with Gasteiger partial charge in [-0.2, -0.15) is 0 Å². The molecule has 2 amide bonds. The number of hydrogen-bond acceptors (Lipinski definition) is 7. The van der Waals surface area contributed by atoms with Crippen LogP contribution in [-0.4, -0.2) is 68.1 Å². The SMILES string of the molecule is CN(C)C(=O)N1CC=C(c2cc(SNC3(C)CC3)cn3c(-c4nnc(C(F)F)s4)cnc23)CC1. The zero-order chi connectivity index (χ0) is 24.0. The van der Waals surface area contributed by atoms with Crippen LogP contribution < -0.4 is 4.72 Å². The fourth-order valence-electron chi connectivity index (χ4n) is 3.78. The van der Waals surface area contributed by atoms with E-state index in [0.29, 0.717) is 30.2 Å². The second-order valence-corrected chi connectivity index (χ2v) is 10.9. The fraction of sp³-hybridized carbons (Fsp3) is 0.455. The van der Waals surface area contributed by atoms with Crippen LogP contribution in [0.5, 0.6) is 0 Å². The maximum atomic E-state index is 13.1. The molecule has 3 aromatic heterocycles. The first-order chi connectivity index (χ1) is 16.2. The van der Waals surface area contributed by atoms with Crippen molar-refractivity contribution in [3.63, 3.8) is 0 Å². The molecule has 1 N–H and O–H groups in total. The summed E-state index contributed by atoms with van der Waals surface area (Å²) < 4.78 is 31.6. The molecule has 1 aliphatic carbocycles. The Morgan fingerprint density at radius 2 is 2.12 bits per heavy atom. The molecule has 1 fully saturated rings. The summed E-state index contributed by atoms with van der Waals surface area (Å²) in [4.78, 5) is 21.3. The molecule has 3 aromatic rings. The summed E-state index contributed by atoms with van der Waals surface area (Å²) in [6, 6.07) is 2.09. The van der Waals surface area contributed by atoms with E-state index in [1.807, 2.05) is 10.6 Å². The molecular formula is C22H25F2N7OS2. The van der Waals surface area contributed by atoms with Crippen molar-refractivity contribution in [2.45, 2.75) is 43.0 Å². The maximum absolute atomic E-state index is 13.1. The van der Waals surface area contributed by atoms with Gasteiger partial charge < -0.3 is 9.80 Å². The lowest BCUT2D eigenvalue weighted by Gasteiger charge is -2.29. The van der Waals surface area contributed by atoms with E-state index in [9.17, 15) is 13.6 Å². The third kappa shape index (κ3) is 4.53. The monoisotopic (exact) mass is 505 g/mol. The van der Waals surface area contributed by atoms with Gasteiger partial charge in [0.2, 0.25) is 0 Å². The molecule has 0 bridgehead atoms. The Morgan fingerprint density at radius 1 is 1.32 bits per heavy atom. The Kier molecular flexibility index (Phi) is 6.07. The number of imidazole rings is 1. The highest BCUT2D eigenvalue weighted by atomic mass is 32.2. The van der Waals surface area contributed by atoms with Crippen molar-refractivity contribution in [3.8, 4) is 10.7 Å². The quantitative estimate of drug-likeness (QED) is 0.489. The van der Waals surface area contributed by atoms with E-state index in [0.717, 1.165) is 45.9 Å². The van der Waals surface area contributed by atoms with Crippen LogP contribution in [0.25, 0.3) is 21.9 Å². The highest BCUT2D eigenvalue weighted by Crippen LogP contribution is 2.39. The molecule has 0 atom stereocenters. The van der Waals surface area contributed by atoms with E-state index < -0.39 is 6.43 Å². The molecule has 0 saturated heterocycles. The molecule has 0 radical (unpaired) electrons. The van der Waals surface area contributed by atoms with Crippen molar-refractivity contribution >= 4 is 40.5 Å². The van der Waals surface area contributed by atoms with Gasteiger partial charge in [0.1, 0.15) is 11.3 Å². The first kappa shape index (κ1) is 23.2. The number of hydrogen-bond donors (Lipinski definition) is 1. The van der Waals surface area contributed by atoms with Gasteiger partial charge >= 0.3 is 6.03 Å². The molecule has 5 rings (SSSR count). The molecule has 1 aliphatic heterocycles. The Hall–Kier alpha value is -2.57. The second kappa shape index (κ2) is 8.90. The van der Waals surface area contributed by atoms with Gasteiger partial charge in [-0.05, 0) is 49.8 Å². The Labute approximate surface area is 204 Å². The Morgan fingerprint density at radius 3 is 2.74 bits per heavy atom. The largest absolute Gasteiger partial charge is 0.331 e. The van der Waals surface area contributed by atoms with E-state index in [1.54, 1.807) is 42.0 Å². The minimum Gasteiger partial charge on any atom is -0.331 e. The van der Waals surface area contributed by atoms with Gasteiger partial charge in [-0.25, -0.2) is 18.6 Å². The number of halogens is 2. The summed E-state index contributed by atoms with van der Waals surface area (Å²) in [5.41, 5.74) is 3.57. The molecule has 0 aromatic carbocycles. The smallest absolute Gasteiger partial charge is 0.319 e. The van der Waals surface area contributed by atoms with Crippen molar-refractivity contribution in [1.29, 1.82) is 0 Å². The lowest BCUT2D eigenvalue weighted by molar-refractivity contribution is 0.150. The summed E-state index contributed by atoms with van der Waals surface area (Å²) in [6.45, 7) is 3.33. The normalized spacial score (nSPS) is 17.4. The zero-order valence-corrected chi connectivity index (χ0v) is 20.7. The van der Waals surface area contributed by atoms with Gasteiger partial charge in [0.25, 0.3) is 6.43 Å². The number of rotatable bonds is 6. The topological polar surface area (TPSA) is 78.7 Å². The van der Waals surface area contributed by atoms with Crippen LogP contribution in [-0.2, 0) is 0 Å². The minimum atomic E-state index is -2.66. The van der Waals surface area contributed by atoms with E-state index in [-0.39, 0.29) is 16.6 Å². The fourth-order valence-corrected chi connectivity index (χ4v) is 5.39. The number of carbonyl (C=O) groups is 1. The number of aromatic nitrogens is 4. The molecule has 0 unspecified atom stereocenters. The minimum absolute atomic E-state index is 0.0131. The van der Waals surface area contributed by atoms with Crippen LogP contribution in [0.1, 0.15) is 43.2 Å². The highest BCUT2D eigenvalue weighted by molar-refractivity contribution is 7.97. The number of urea groups is 1. The van der Waals surface area contributed by atoms with Crippen molar-refractivity contribution in [1.82, 2.24) is 34.1 Å². The van der Waals surface area contributed by atoms with Crippen molar-refractivity contribution in [3.05, 3.63) is 35.1 Å². The van der Waals surface area contributed by atoms with Crippen LogP contribution in [0.2, 0.25) is 0 Å². The van der Waals surface area contributed by atoms with Gasteiger partial charge in [-0.3, -0.25) is 9.12 Å². The molecule has 180 valence electrons. The lowest BCUT2D eigenvalue weighted by atomic mass is 10.0. The standard InChI is InChI=1S/C22H25F2N7OS2/c1-22(6-7-22)28-34-14-10-15(13-4-8-30(9-5-13)21(32)29(2)3)18-25-11-16(31(18)12-14)19-26-27-20(33-19)17(23)24/h4,10-12,17,28H,5-9H2,1-3H3. The summed E-state index contributed by atoms with van der Waals surface area (Å²) >= 11 is 2.44.